The third-order valence-corrected chi connectivity index (χ3v) is 4.73. The summed E-state index contributed by atoms with van der Waals surface area (Å²) in [5.74, 6) is 2.05. The summed E-state index contributed by atoms with van der Waals surface area (Å²) in [6.07, 6.45) is 0. The van der Waals surface area contributed by atoms with E-state index in [-0.39, 0.29) is 0 Å². The molecule has 0 amide bonds. The zero-order valence-corrected chi connectivity index (χ0v) is 16.1. The van der Waals surface area contributed by atoms with Crippen LogP contribution in [-0.2, 0) is 6.54 Å². The van der Waals surface area contributed by atoms with Crippen LogP contribution in [0.5, 0.6) is 11.5 Å². The van der Waals surface area contributed by atoms with Crippen LogP contribution in [0.2, 0.25) is 0 Å². The van der Waals surface area contributed by atoms with Crippen LogP contribution in [0, 0.1) is 4.77 Å². The Morgan fingerprint density at radius 2 is 1.92 bits per heavy atom. The van der Waals surface area contributed by atoms with Gasteiger partial charge in [-0.25, -0.2) is 9.77 Å². The summed E-state index contributed by atoms with van der Waals surface area (Å²) >= 11 is 8.91. The molecule has 0 aliphatic rings. The van der Waals surface area contributed by atoms with Crippen molar-refractivity contribution in [2.75, 3.05) is 19.6 Å². The Balaban J connectivity index is 1.94. The van der Waals surface area contributed by atoms with Crippen LogP contribution in [0.4, 0.5) is 0 Å². The van der Waals surface area contributed by atoms with Crippen molar-refractivity contribution in [1.82, 2.24) is 14.9 Å². The fourth-order valence-corrected chi connectivity index (χ4v) is 3.16. The number of nitrogens with zero attached hydrogens (tertiary/aromatic N) is 2. The van der Waals surface area contributed by atoms with E-state index in [1.165, 1.54) is 0 Å². The molecule has 3 rings (SSSR count). The first-order valence-electron chi connectivity index (χ1n) is 7.51. The number of ether oxygens (including phenoxy) is 2. The van der Waals surface area contributed by atoms with Crippen LogP contribution in [0.3, 0.4) is 0 Å². The normalized spacial score (nSPS) is 10.5. The number of rotatable bonds is 6. The van der Waals surface area contributed by atoms with Gasteiger partial charge >= 0.3 is 0 Å². The van der Waals surface area contributed by atoms with Crippen LogP contribution >= 0.6 is 28.1 Å². The van der Waals surface area contributed by atoms with E-state index in [9.17, 15) is 0 Å². The van der Waals surface area contributed by atoms with Gasteiger partial charge in [0.15, 0.2) is 17.3 Å². The van der Waals surface area contributed by atoms with Crippen molar-refractivity contribution < 1.29 is 9.47 Å². The molecule has 8 heteroatoms. The second kappa shape index (κ2) is 7.71. The number of methoxy groups -OCH3 is 2. The Labute approximate surface area is 158 Å². The third-order valence-electron chi connectivity index (χ3n) is 3.71. The molecular formula is C17H17BrN4O2S. The SMILES string of the molecule is COc1ccc(Br)c(CNn2c(-c3ccccc3)n[nH]c2=S)c1OC. The van der Waals surface area contributed by atoms with Gasteiger partial charge in [-0.15, -0.1) is 0 Å². The Morgan fingerprint density at radius 3 is 2.60 bits per heavy atom. The van der Waals surface area contributed by atoms with Crippen molar-refractivity contribution in [3.63, 3.8) is 0 Å². The van der Waals surface area contributed by atoms with Gasteiger partial charge in [-0.05, 0) is 24.4 Å². The molecular weight excluding hydrogens is 404 g/mol. The van der Waals surface area contributed by atoms with Crippen LogP contribution in [-0.4, -0.2) is 29.1 Å². The lowest BCUT2D eigenvalue weighted by atomic mass is 10.2. The van der Waals surface area contributed by atoms with Crippen molar-refractivity contribution in [3.8, 4) is 22.9 Å². The summed E-state index contributed by atoms with van der Waals surface area (Å²) in [4.78, 5) is 0. The van der Waals surface area contributed by atoms with Gasteiger partial charge in [0.25, 0.3) is 0 Å². The number of aromatic nitrogens is 3. The predicted molar refractivity (Wildman–Crippen MR) is 103 cm³/mol. The van der Waals surface area contributed by atoms with Gasteiger partial charge in [-0.1, -0.05) is 46.3 Å². The number of H-pyrrole nitrogens is 1. The number of benzene rings is 2. The van der Waals surface area contributed by atoms with Gasteiger partial charge in [0, 0.05) is 15.6 Å². The fraction of sp³-hybridized carbons (Fsp3) is 0.176. The Morgan fingerprint density at radius 1 is 1.16 bits per heavy atom. The highest BCUT2D eigenvalue weighted by atomic mass is 79.9. The van der Waals surface area contributed by atoms with Crippen LogP contribution in [0.15, 0.2) is 46.9 Å². The van der Waals surface area contributed by atoms with E-state index >= 15 is 0 Å². The van der Waals surface area contributed by atoms with Crippen molar-refractivity contribution in [1.29, 1.82) is 0 Å². The van der Waals surface area contributed by atoms with E-state index < -0.39 is 0 Å². The van der Waals surface area contributed by atoms with Crippen LogP contribution in [0.25, 0.3) is 11.4 Å². The van der Waals surface area contributed by atoms with E-state index in [1.54, 1.807) is 18.9 Å². The molecule has 2 N–H and O–H groups in total. The number of hydrogen-bond acceptors (Lipinski definition) is 5. The number of aromatic amines is 1. The van der Waals surface area contributed by atoms with Gasteiger partial charge in [-0.2, -0.15) is 5.10 Å². The Bertz CT molecular complexity index is 924. The van der Waals surface area contributed by atoms with Gasteiger partial charge in [0.2, 0.25) is 4.77 Å². The molecule has 1 heterocycles. The maximum Gasteiger partial charge on any atom is 0.214 e. The van der Waals surface area contributed by atoms with E-state index in [1.807, 2.05) is 42.5 Å². The molecule has 3 aromatic rings. The summed E-state index contributed by atoms with van der Waals surface area (Å²) < 4.78 is 14.0. The smallest absolute Gasteiger partial charge is 0.214 e. The largest absolute Gasteiger partial charge is 0.493 e. The third kappa shape index (κ3) is 3.54. The molecule has 6 nitrogen and oxygen atoms in total. The van der Waals surface area contributed by atoms with Crippen molar-refractivity contribution >= 4 is 28.1 Å². The monoisotopic (exact) mass is 420 g/mol. The molecule has 0 saturated carbocycles. The lowest BCUT2D eigenvalue weighted by Gasteiger charge is -2.16. The van der Waals surface area contributed by atoms with Crippen molar-refractivity contribution in [3.05, 3.63) is 57.3 Å². The van der Waals surface area contributed by atoms with Crippen LogP contribution < -0.4 is 14.9 Å². The molecule has 0 unspecified atom stereocenters. The number of halogens is 1. The summed E-state index contributed by atoms with van der Waals surface area (Å²) in [6, 6.07) is 13.6. The summed E-state index contributed by atoms with van der Waals surface area (Å²) in [6.45, 7) is 0.467. The predicted octanol–water partition coefficient (Wildman–Crippen LogP) is 4.13. The zero-order chi connectivity index (χ0) is 17.8. The standard InChI is InChI=1S/C17H17BrN4O2S/c1-23-14-9-8-13(18)12(15(14)24-2)10-19-22-16(20-21-17(22)25)11-6-4-3-5-7-11/h3-9,19H,10H2,1-2H3,(H,21,25). The van der Waals surface area contributed by atoms with E-state index in [0.717, 1.165) is 15.6 Å². The average Bonchev–Trinajstić information content (AvgIpc) is 3.01. The molecule has 0 spiro atoms. The first-order chi connectivity index (χ1) is 12.2. The maximum absolute atomic E-state index is 5.51. The highest BCUT2D eigenvalue weighted by Gasteiger charge is 2.15. The van der Waals surface area contributed by atoms with E-state index in [0.29, 0.717) is 28.6 Å². The quantitative estimate of drug-likeness (QED) is 0.586. The molecule has 0 atom stereocenters. The lowest BCUT2D eigenvalue weighted by molar-refractivity contribution is 0.351. The molecule has 0 saturated heterocycles. The van der Waals surface area contributed by atoms with Gasteiger partial charge in [0.05, 0.1) is 20.8 Å². The molecule has 0 fully saturated rings. The number of nitrogens with one attached hydrogen (secondary N) is 2. The fourth-order valence-electron chi connectivity index (χ4n) is 2.51. The molecule has 0 aliphatic carbocycles. The molecule has 2 aromatic carbocycles. The number of hydrogen-bond donors (Lipinski definition) is 2. The van der Waals surface area contributed by atoms with E-state index in [4.69, 9.17) is 21.7 Å². The summed E-state index contributed by atoms with van der Waals surface area (Å²) in [7, 11) is 3.23. The summed E-state index contributed by atoms with van der Waals surface area (Å²) in [5.41, 5.74) is 5.17. The Kier molecular flexibility index (Phi) is 5.40. The van der Waals surface area contributed by atoms with Gasteiger partial charge in [-0.3, -0.25) is 0 Å². The van der Waals surface area contributed by atoms with Crippen molar-refractivity contribution in [2.45, 2.75) is 6.54 Å². The first kappa shape index (κ1) is 17.5. The van der Waals surface area contributed by atoms with Crippen LogP contribution in [0.1, 0.15) is 5.56 Å². The highest BCUT2D eigenvalue weighted by Crippen LogP contribution is 2.36. The minimum Gasteiger partial charge on any atom is -0.493 e. The Hall–Kier alpha value is -2.32. The minimum absolute atomic E-state index is 0.467. The second-order valence-corrected chi connectivity index (χ2v) is 6.39. The van der Waals surface area contributed by atoms with Crippen molar-refractivity contribution in [2.24, 2.45) is 0 Å². The first-order valence-corrected chi connectivity index (χ1v) is 8.72. The highest BCUT2D eigenvalue weighted by molar-refractivity contribution is 9.10. The molecule has 1 aromatic heterocycles. The summed E-state index contributed by atoms with van der Waals surface area (Å²) in [5, 5.41) is 7.14. The second-order valence-electron chi connectivity index (χ2n) is 5.15. The zero-order valence-electron chi connectivity index (χ0n) is 13.7. The molecule has 0 radical (unpaired) electrons. The lowest BCUT2D eigenvalue weighted by Crippen LogP contribution is -2.17. The molecule has 0 bridgehead atoms. The molecule has 130 valence electrons. The van der Waals surface area contributed by atoms with E-state index in [2.05, 4.69) is 31.6 Å². The van der Waals surface area contributed by atoms with Gasteiger partial charge in [0.1, 0.15) is 0 Å². The minimum atomic E-state index is 0.467. The topological polar surface area (TPSA) is 64.1 Å². The average molecular weight is 421 g/mol. The maximum atomic E-state index is 5.51. The molecule has 25 heavy (non-hydrogen) atoms. The van der Waals surface area contributed by atoms with Gasteiger partial charge < -0.3 is 14.9 Å². The molecule has 0 aliphatic heterocycles.